The fourth-order valence-electron chi connectivity index (χ4n) is 6.11. The summed E-state index contributed by atoms with van der Waals surface area (Å²) in [6.07, 6.45) is -1.89. The Morgan fingerprint density at radius 2 is 1.80 bits per heavy atom. The molecular formula is C30H31F3N4O6S. The predicted molar refractivity (Wildman–Crippen MR) is 155 cm³/mol. The molecule has 2 aromatic rings. The number of alkyl halides is 3. The molecule has 1 saturated carbocycles. The van der Waals surface area contributed by atoms with Crippen LogP contribution in [0.25, 0.3) is 0 Å². The van der Waals surface area contributed by atoms with E-state index in [-0.39, 0.29) is 52.2 Å². The number of urea groups is 2. The summed E-state index contributed by atoms with van der Waals surface area (Å²) in [6, 6.07) is 5.48. The van der Waals surface area contributed by atoms with Gasteiger partial charge in [0.15, 0.2) is 5.78 Å². The Morgan fingerprint density at radius 3 is 2.45 bits per heavy atom. The number of benzene rings is 2. The van der Waals surface area contributed by atoms with Crippen molar-refractivity contribution in [1.82, 2.24) is 10.2 Å². The second-order valence-corrected chi connectivity index (χ2v) is 13.3. The summed E-state index contributed by atoms with van der Waals surface area (Å²) in [5.41, 5.74) is -1.14. The molecular weight excluding hydrogens is 601 g/mol. The number of nitrogens with one attached hydrogen (secondary N) is 1. The second-order valence-electron chi connectivity index (χ2n) is 11.2. The van der Waals surface area contributed by atoms with Crippen molar-refractivity contribution in [2.75, 3.05) is 11.2 Å². The highest BCUT2D eigenvalue weighted by atomic mass is 32.3. The van der Waals surface area contributed by atoms with Crippen LogP contribution in [0.15, 0.2) is 58.6 Å². The minimum atomic E-state index is -4.74. The first-order valence-electron chi connectivity index (χ1n) is 14.0. The van der Waals surface area contributed by atoms with Crippen molar-refractivity contribution < 1.29 is 41.8 Å². The van der Waals surface area contributed by atoms with Crippen molar-refractivity contribution in [2.24, 2.45) is 0 Å². The van der Waals surface area contributed by atoms with Gasteiger partial charge in [-0.3, -0.25) is 18.8 Å². The monoisotopic (exact) mass is 632 g/mol. The summed E-state index contributed by atoms with van der Waals surface area (Å²) < 4.78 is 62.6. The number of aliphatic hydroxyl groups is 1. The van der Waals surface area contributed by atoms with Gasteiger partial charge in [-0.1, -0.05) is 25.0 Å². The van der Waals surface area contributed by atoms with Gasteiger partial charge in [-0.25, -0.2) is 14.5 Å². The lowest BCUT2D eigenvalue weighted by Crippen LogP contribution is -2.59. The molecule has 1 aliphatic heterocycles. The number of ketones is 1. The molecule has 2 aromatic carbocycles. The van der Waals surface area contributed by atoms with Gasteiger partial charge < -0.3 is 10.4 Å². The first-order chi connectivity index (χ1) is 20.7. The van der Waals surface area contributed by atoms with E-state index in [0.29, 0.717) is 24.2 Å². The van der Waals surface area contributed by atoms with E-state index >= 15 is 0 Å². The van der Waals surface area contributed by atoms with Gasteiger partial charge in [0, 0.05) is 29.5 Å². The highest BCUT2D eigenvalue weighted by Crippen LogP contribution is 2.52. The molecule has 0 bridgehead atoms. The van der Waals surface area contributed by atoms with Crippen LogP contribution in [0.2, 0.25) is 0 Å². The van der Waals surface area contributed by atoms with E-state index < -0.39 is 58.4 Å². The molecule has 1 unspecified atom stereocenters. The van der Waals surface area contributed by atoms with E-state index in [1.165, 1.54) is 24.3 Å². The number of nitriles is 1. The maximum absolute atomic E-state index is 14.4. The van der Waals surface area contributed by atoms with Crippen LogP contribution in [0.4, 0.5) is 28.4 Å². The minimum absolute atomic E-state index is 0.00522. The Morgan fingerprint density at radius 1 is 1.07 bits per heavy atom. The number of rotatable bonds is 4. The zero-order chi connectivity index (χ0) is 32.0. The Hall–Kier alpha value is -3.90. The number of imide groups is 1. The average molecular weight is 633 g/mol. The number of Topliss-reactive ketones (excluding diaryl/α,β-unsaturated/α-hetero) is 1. The molecule has 44 heavy (non-hydrogen) atoms. The molecule has 3 aliphatic rings. The van der Waals surface area contributed by atoms with Gasteiger partial charge in [0.1, 0.15) is 6.04 Å². The van der Waals surface area contributed by atoms with Crippen molar-refractivity contribution in [3.8, 4) is 6.07 Å². The van der Waals surface area contributed by atoms with Crippen LogP contribution in [-0.4, -0.2) is 55.4 Å². The van der Waals surface area contributed by atoms with E-state index in [2.05, 4.69) is 5.32 Å². The molecule has 4 N–H and O–H groups in total. The number of anilines is 1. The molecule has 234 valence electrons. The number of amides is 4. The van der Waals surface area contributed by atoms with E-state index in [0.717, 1.165) is 35.8 Å². The van der Waals surface area contributed by atoms with Crippen LogP contribution >= 0.6 is 10.6 Å². The van der Waals surface area contributed by atoms with Gasteiger partial charge in [0.05, 0.1) is 39.9 Å². The zero-order valence-corrected chi connectivity index (χ0v) is 24.5. The number of allylic oxidation sites excluding steroid dienone is 1. The van der Waals surface area contributed by atoms with Gasteiger partial charge >= 0.3 is 18.2 Å². The molecule has 2 aliphatic carbocycles. The average Bonchev–Trinajstić information content (AvgIpc) is 2.96. The maximum atomic E-state index is 14.4. The molecule has 4 amide bonds. The number of halogens is 3. The molecule has 10 nitrogen and oxygen atoms in total. The third-order valence-electron chi connectivity index (χ3n) is 8.17. The molecule has 0 spiro atoms. The molecule has 1 heterocycles. The number of nitrogens with zero attached hydrogens (tertiary/aromatic N) is 3. The van der Waals surface area contributed by atoms with Crippen molar-refractivity contribution in [3.63, 3.8) is 0 Å². The molecule has 3 atom stereocenters. The molecule has 5 rings (SSSR count). The Balaban J connectivity index is 1.76. The molecule has 0 radical (unpaired) electrons. The zero-order valence-electron chi connectivity index (χ0n) is 23.7. The number of carbonyl (C=O) groups is 3. The van der Waals surface area contributed by atoms with Crippen LogP contribution in [0.1, 0.15) is 67.7 Å². The van der Waals surface area contributed by atoms with Crippen molar-refractivity contribution in [1.29, 1.82) is 5.26 Å². The van der Waals surface area contributed by atoms with E-state index in [4.69, 9.17) is 0 Å². The van der Waals surface area contributed by atoms with Crippen molar-refractivity contribution in [2.45, 2.75) is 74.2 Å². The molecule has 0 saturated heterocycles. The topological polar surface area (TPSA) is 154 Å². The Bertz CT molecular complexity index is 1580. The van der Waals surface area contributed by atoms with Crippen molar-refractivity contribution >= 4 is 34.1 Å². The number of hydrogen-bond donors (Lipinski definition) is 4. The van der Waals surface area contributed by atoms with Crippen LogP contribution in [0.5, 0.6) is 0 Å². The van der Waals surface area contributed by atoms with Gasteiger partial charge in [0.25, 0.3) is 0 Å². The summed E-state index contributed by atoms with van der Waals surface area (Å²) in [7, 11) is -3.59. The summed E-state index contributed by atoms with van der Waals surface area (Å²) >= 11 is 0. The summed E-state index contributed by atoms with van der Waals surface area (Å²) in [5.74, 6) is -0.473. The van der Waals surface area contributed by atoms with Crippen molar-refractivity contribution in [3.05, 3.63) is 70.4 Å². The number of hydrogen-bond acceptors (Lipinski definition) is 7. The SMILES string of the molecule is CS(O)(O)c1cc(C#N)ccc1[C@@H]1C2=C(CCCC2=O)N(c2cccc(C(F)(F)F)c2)C(=O)N1C(=O)NC1CCCC[C@@H]1O. The smallest absolute Gasteiger partial charge is 0.391 e. The van der Waals surface area contributed by atoms with E-state index in [1.807, 2.05) is 6.07 Å². The summed E-state index contributed by atoms with van der Waals surface area (Å²) in [5, 5.41) is 22.7. The summed E-state index contributed by atoms with van der Waals surface area (Å²) in [4.78, 5) is 43.6. The normalized spacial score (nSPS) is 23.3. The fourth-order valence-corrected chi connectivity index (χ4v) is 7.09. The number of aliphatic hydroxyl groups excluding tert-OH is 1. The van der Waals surface area contributed by atoms with Gasteiger partial charge in [-0.15, -0.1) is 0 Å². The molecule has 0 aromatic heterocycles. The maximum Gasteiger partial charge on any atom is 0.416 e. The highest BCUT2D eigenvalue weighted by molar-refractivity contribution is 8.23. The molecule has 14 heteroatoms. The van der Waals surface area contributed by atoms with Crippen LogP contribution < -0.4 is 10.2 Å². The third-order valence-corrected chi connectivity index (χ3v) is 9.36. The van der Waals surface area contributed by atoms with E-state index in [9.17, 15) is 47.0 Å². The lowest BCUT2D eigenvalue weighted by Gasteiger charge is -2.46. The Labute approximate surface area is 253 Å². The first-order valence-corrected chi connectivity index (χ1v) is 16.0. The highest BCUT2D eigenvalue weighted by Gasteiger charge is 2.49. The standard InChI is InChI=1S/C30H31F3N4O6S/c1-44(42,43)25-14-17(16-34)12-13-20(25)27-26-22(9-5-11-24(26)39)36(19-7-4-6-18(15-19)30(31,32)33)29(41)37(27)28(40)35-21-8-2-3-10-23(21)38/h4,6-7,12-15,21,23,27,38,42-43H,2-3,5,8-11H2,1H3,(H,35,40)/t21?,23-,27+/m0/s1. The van der Waals surface area contributed by atoms with E-state index in [1.54, 1.807) is 0 Å². The fraction of sp³-hybridized carbons (Fsp3) is 0.400. The van der Waals surface area contributed by atoms with Gasteiger partial charge in [-0.05, 0) is 56.0 Å². The lowest BCUT2D eigenvalue weighted by atomic mass is 9.83. The quantitative estimate of drug-likeness (QED) is 0.308. The van der Waals surface area contributed by atoms with Crippen LogP contribution in [0.3, 0.4) is 0 Å². The predicted octanol–water partition coefficient (Wildman–Crippen LogP) is 6.32. The minimum Gasteiger partial charge on any atom is -0.391 e. The van der Waals surface area contributed by atoms with Crippen LogP contribution in [0, 0.1) is 11.3 Å². The largest absolute Gasteiger partial charge is 0.416 e. The lowest BCUT2D eigenvalue weighted by molar-refractivity contribution is -0.137. The third kappa shape index (κ3) is 5.92. The Kier molecular flexibility index (Phi) is 8.52. The summed E-state index contributed by atoms with van der Waals surface area (Å²) in [6.45, 7) is 0. The first kappa shape index (κ1) is 31.5. The molecule has 1 fully saturated rings. The van der Waals surface area contributed by atoms with Gasteiger partial charge in [-0.2, -0.15) is 29.0 Å². The second kappa shape index (κ2) is 11.9. The van der Waals surface area contributed by atoms with Crippen LogP contribution in [-0.2, 0) is 11.0 Å². The number of carbonyl (C=O) groups excluding carboxylic acids is 3. The van der Waals surface area contributed by atoms with Gasteiger partial charge in [0.2, 0.25) is 0 Å².